The summed E-state index contributed by atoms with van der Waals surface area (Å²) >= 11 is 0. The Morgan fingerprint density at radius 2 is 1.06 bits per heavy atom. The molecule has 3 saturated heterocycles. The van der Waals surface area contributed by atoms with E-state index < -0.39 is 105 Å². The molecule has 10 N–H and O–H groups in total. The average molecular weight is 488 g/mol. The topological polar surface area (TPSA) is 248 Å². The van der Waals surface area contributed by atoms with Gasteiger partial charge in [0.1, 0.15) is 67.1 Å². The fourth-order valence-electron chi connectivity index (χ4n) is 3.98. The number of aliphatic hydroxyl groups is 10. The van der Waals surface area contributed by atoms with Gasteiger partial charge in [0.25, 0.3) is 0 Å². The molecule has 3 aliphatic rings. The van der Waals surface area contributed by atoms with Gasteiger partial charge in [-0.05, 0) is 6.92 Å². The van der Waals surface area contributed by atoms with Crippen molar-refractivity contribution in [1.29, 1.82) is 0 Å². The summed E-state index contributed by atoms with van der Waals surface area (Å²) in [6.07, 6.45) is -24.1. The minimum atomic E-state index is -1.87. The van der Waals surface area contributed by atoms with E-state index in [-0.39, 0.29) is 0 Å². The third-order valence-corrected chi connectivity index (χ3v) is 6.06. The molecule has 0 spiro atoms. The molecule has 3 aliphatic heterocycles. The molecule has 0 aromatic rings. The molecule has 0 saturated carbocycles. The Morgan fingerprint density at radius 3 is 1.64 bits per heavy atom. The van der Waals surface area contributed by atoms with Crippen molar-refractivity contribution in [2.45, 2.75) is 99.0 Å². The molecular weight excluding hydrogens is 456 g/mol. The second-order valence-electron chi connectivity index (χ2n) is 8.32. The molecule has 3 heterocycles. The summed E-state index contributed by atoms with van der Waals surface area (Å²) in [5.74, 6) is 0. The van der Waals surface area contributed by atoms with Crippen LogP contribution in [0, 0.1) is 0 Å². The highest BCUT2D eigenvalue weighted by atomic mass is 16.8. The molecule has 15 heteroatoms. The molecule has 0 radical (unpaired) electrons. The van der Waals surface area contributed by atoms with Gasteiger partial charge in [0, 0.05) is 0 Å². The normalized spacial score (nSPS) is 53.7. The number of rotatable bonds is 6. The monoisotopic (exact) mass is 488 g/mol. The first-order chi connectivity index (χ1) is 15.5. The Morgan fingerprint density at radius 1 is 0.545 bits per heavy atom. The quantitative estimate of drug-likeness (QED) is 0.167. The number of aliphatic hydroxyl groups excluding tert-OH is 10. The van der Waals surface area contributed by atoms with Crippen LogP contribution in [0.2, 0.25) is 0 Å². The van der Waals surface area contributed by atoms with Crippen LogP contribution < -0.4 is 0 Å². The van der Waals surface area contributed by atoms with Crippen molar-refractivity contribution in [3.05, 3.63) is 0 Å². The van der Waals surface area contributed by atoms with Crippen LogP contribution in [0.15, 0.2) is 0 Å². The maximum absolute atomic E-state index is 10.7. The van der Waals surface area contributed by atoms with E-state index >= 15 is 0 Å². The fraction of sp³-hybridized carbons (Fsp3) is 1.00. The van der Waals surface area contributed by atoms with Crippen LogP contribution in [-0.4, -0.2) is 156 Å². The highest BCUT2D eigenvalue weighted by Crippen LogP contribution is 2.32. The smallest absolute Gasteiger partial charge is 0.187 e. The van der Waals surface area contributed by atoms with Crippen LogP contribution in [0.25, 0.3) is 0 Å². The molecule has 3 fully saturated rings. The van der Waals surface area contributed by atoms with Crippen LogP contribution in [0.3, 0.4) is 0 Å². The van der Waals surface area contributed by atoms with Crippen LogP contribution in [0.1, 0.15) is 6.92 Å². The molecule has 0 aromatic carbocycles. The Labute approximate surface area is 187 Å². The first kappa shape index (κ1) is 27.0. The third-order valence-electron chi connectivity index (χ3n) is 6.06. The first-order valence-electron chi connectivity index (χ1n) is 10.4. The molecular formula is C18H32O15. The summed E-state index contributed by atoms with van der Waals surface area (Å²) in [5, 5.41) is 100. The van der Waals surface area contributed by atoms with E-state index in [0.717, 1.165) is 0 Å². The van der Waals surface area contributed by atoms with Crippen molar-refractivity contribution in [2.24, 2.45) is 0 Å². The second kappa shape index (κ2) is 11.0. The summed E-state index contributed by atoms with van der Waals surface area (Å²) in [6.45, 7) is -0.122. The number of hydrogen-bond acceptors (Lipinski definition) is 15. The van der Waals surface area contributed by atoms with Crippen molar-refractivity contribution >= 4 is 0 Å². The Kier molecular flexibility index (Phi) is 8.99. The summed E-state index contributed by atoms with van der Waals surface area (Å²) in [7, 11) is 0. The number of ether oxygens (including phenoxy) is 5. The van der Waals surface area contributed by atoms with Crippen molar-refractivity contribution in [3.8, 4) is 0 Å². The predicted molar refractivity (Wildman–Crippen MR) is 99.8 cm³/mol. The summed E-state index contributed by atoms with van der Waals surface area (Å²) in [5.41, 5.74) is 0. The van der Waals surface area contributed by atoms with Crippen LogP contribution >= 0.6 is 0 Å². The van der Waals surface area contributed by atoms with E-state index in [1.165, 1.54) is 6.92 Å². The second-order valence-corrected chi connectivity index (χ2v) is 8.32. The molecule has 15 atom stereocenters. The van der Waals surface area contributed by atoms with Gasteiger partial charge >= 0.3 is 0 Å². The SMILES string of the molecule is C[C@@H]1OC(O)[C@@H](O[C@@H]2O[C@H](CO)[C@H](O)[C@H](O[C@H]3O[C@H](CO)[C@H](O)[C@H](O)[C@H]3O)[C@H]2O)[C@H](O)[C@@H]1O. The Bertz CT molecular complexity index is 624. The highest BCUT2D eigenvalue weighted by molar-refractivity contribution is 4.95. The summed E-state index contributed by atoms with van der Waals surface area (Å²) in [4.78, 5) is 0. The zero-order chi connectivity index (χ0) is 24.6. The molecule has 194 valence electrons. The molecule has 3 rings (SSSR count). The minimum Gasteiger partial charge on any atom is -0.394 e. The minimum absolute atomic E-state index is 0.743. The Balaban J connectivity index is 1.76. The summed E-state index contributed by atoms with van der Waals surface area (Å²) in [6, 6.07) is 0. The lowest BCUT2D eigenvalue weighted by molar-refractivity contribution is -0.381. The molecule has 33 heavy (non-hydrogen) atoms. The van der Waals surface area contributed by atoms with Gasteiger partial charge in [0.2, 0.25) is 0 Å². The zero-order valence-corrected chi connectivity index (χ0v) is 17.6. The standard InChI is InChI=1S/C18H32O15/c1-4-7(21)11(25)15(16(28)29-4)33-18-13(27)14(9(23)6(3-20)31-18)32-17-12(26)10(24)8(22)5(2-19)30-17/h4-28H,2-3H2,1H3/t4-,5+,6+,7+,8-,9-,10-,11+,12+,13+,14-,15-,16?,17+,18-/m0/s1. The van der Waals surface area contributed by atoms with Gasteiger partial charge in [-0.25, -0.2) is 0 Å². The van der Waals surface area contributed by atoms with Crippen molar-refractivity contribution in [1.82, 2.24) is 0 Å². The molecule has 15 nitrogen and oxygen atoms in total. The number of hydrogen-bond donors (Lipinski definition) is 10. The Hall–Kier alpha value is -0.600. The maximum Gasteiger partial charge on any atom is 0.187 e. The fourth-order valence-corrected chi connectivity index (χ4v) is 3.98. The van der Waals surface area contributed by atoms with Gasteiger partial charge in [-0.1, -0.05) is 0 Å². The zero-order valence-electron chi connectivity index (χ0n) is 17.6. The van der Waals surface area contributed by atoms with E-state index in [1.54, 1.807) is 0 Å². The van der Waals surface area contributed by atoms with Gasteiger partial charge < -0.3 is 74.7 Å². The highest BCUT2D eigenvalue weighted by Gasteiger charge is 2.53. The lowest BCUT2D eigenvalue weighted by Crippen LogP contribution is -2.66. The van der Waals surface area contributed by atoms with Gasteiger partial charge in [-0.15, -0.1) is 0 Å². The average Bonchev–Trinajstić information content (AvgIpc) is 2.79. The van der Waals surface area contributed by atoms with E-state index in [4.69, 9.17) is 23.7 Å². The van der Waals surface area contributed by atoms with Gasteiger partial charge in [-0.3, -0.25) is 0 Å². The molecule has 0 bridgehead atoms. The molecule has 1 unspecified atom stereocenters. The lowest BCUT2D eigenvalue weighted by atomic mass is 9.96. The van der Waals surface area contributed by atoms with Crippen LogP contribution in [0.4, 0.5) is 0 Å². The van der Waals surface area contributed by atoms with Gasteiger partial charge in [-0.2, -0.15) is 0 Å². The van der Waals surface area contributed by atoms with E-state index in [0.29, 0.717) is 0 Å². The van der Waals surface area contributed by atoms with Crippen molar-refractivity contribution in [2.75, 3.05) is 13.2 Å². The van der Waals surface area contributed by atoms with E-state index in [9.17, 15) is 51.1 Å². The van der Waals surface area contributed by atoms with Crippen LogP contribution in [-0.2, 0) is 23.7 Å². The van der Waals surface area contributed by atoms with Gasteiger partial charge in [0.15, 0.2) is 18.9 Å². The molecule has 0 aromatic heterocycles. The van der Waals surface area contributed by atoms with Gasteiger partial charge in [0.05, 0.1) is 19.3 Å². The largest absolute Gasteiger partial charge is 0.394 e. The molecule has 0 aliphatic carbocycles. The van der Waals surface area contributed by atoms with E-state index in [1.807, 2.05) is 0 Å². The van der Waals surface area contributed by atoms with Crippen molar-refractivity contribution < 1.29 is 74.7 Å². The lowest BCUT2D eigenvalue weighted by Gasteiger charge is -2.47. The van der Waals surface area contributed by atoms with E-state index in [2.05, 4.69) is 0 Å². The molecule has 0 amide bonds. The predicted octanol–water partition coefficient (Wildman–Crippen LogP) is -6.55. The third kappa shape index (κ3) is 5.32. The maximum atomic E-state index is 10.7. The van der Waals surface area contributed by atoms with Crippen LogP contribution in [0.5, 0.6) is 0 Å². The van der Waals surface area contributed by atoms with Crippen molar-refractivity contribution in [3.63, 3.8) is 0 Å². The summed E-state index contributed by atoms with van der Waals surface area (Å²) < 4.78 is 26.4. The first-order valence-corrected chi connectivity index (χ1v) is 10.4.